The molecule has 0 atom stereocenters. The number of pyridine rings is 1. The number of hydrogen-bond donors (Lipinski definition) is 1. The topological polar surface area (TPSA) is 68.1 Å². The molecule has 1 aromatic heterocycles. The maximum atomic E-state index is 13.2. The molecule has 2 aromatic rings. The van der Waals surface area contributed by atoms with E-state index in [9.17, 15) is 14.5 Å². The predicted octanol–water partition coefficient (Wildman–Crippen LogP) is 4.12. The number of nitrogens with one attached hydrogen (secondary N) is 1. The summed E-state index contributed by atoms with van der Waals surface area (Å²) in [4.78, 5) is 14.9. The number of anilines is 1. The molecule has 0 bridgehead atoms. The second-order valence-electron chi connectivity index (χ2n) is 4.60. The highest BCUT2D eigenvalue weighted by atomic mass is 79.9. The molecule has 1 heterocycles. The van der Waals surface area contributed by atoms with Gasteiger partial charge >= 0.3 is 0 Å². The fourth-order valence-corrected chi connectivity index (χ4v) is 2.39. The Bertz CT molecular complexity index is 707. The Morgan fingerprint density at radius 1 is 1.43 bits per heavy atom. The minimum Gasteiger partial charge on any atom is -0.379 e. The Morgan fingerprint density at radius 2 is 2.14 bits per heavy atom. The first-order valence-electron chi connectivity index (χ1n) is 6.18. The molecule has 0 aliphatic rings. The van der Waals surface area contributed by atoms with E-state index in [1.165, 1.54) is 12.3 Å². The van der Waals surface area contributed by atoms with Crippen LogP contribution < -0.4 is 5.32 Å². The summed E-state index contributed by atoms with van der Waals surface area (Å²) in [5.41, 5.74) is 2.45. The minimum absolute atomic E-state index is 0.0853. The highest BCUT2D eigenvalue weighted by Crippen LogP contribution is 2.25. The van der Waals surface area contributed by atoms with Gasteiger partial charge in [0, 0.05) is 17.4 Å². The average Bonchev–Trinajstić information content (AvgIpc) is 2.41. The minimum atomic E-state index is -0.398. The zero-order chi connectivity index (χ0) is 15.6. The molecule has 2 rings (SSSR count). The Morgan fingerprint density at radius 3 is 2.76 bits per heavy atom. The lowest BCUT2D eigenvalue weighted by Gasteiger charge is -2.10. The molecule has 0 saturated heterocycles. The van der Waals surface area contributed by atoms with Gasteiger partial charge in [0.1, 0.15) is 5.82 Å². The Kier molecular flexibility index (Phi) is 4.52. The summed E-state index contributed by atoms with van der Waals surface area (Å²) < 4.78 is 13.5. The number of nitro groups is 1. The number of rotatable bonds is 4. The van der Waals surface area contributed by atoms with Crippen molar-refractivity contribution in [3.63, 3.8) is 0 Å². The van der Waals surface area contributed by atoms with E-state index in [-0.39, 0.29) is 11.5 Å². The van der Waals surface area contributed by atoms with Gasteiger partial charge in [-0.25, -0.2) is 4.39 Å². The summed E-state index contributed by atoms with van der Waals surface area (Å²) in [7, 11) is 0. The van der Waals surface area contributed by atoms with E-state index in [1.54, 1.807) is 26.0 Å². The van der Waals surface area contributed by atoms with Crippen LogP contribution in [0.25, 0.3) is 0 Å². The molecule has 1 N–H and O–H groups in total. The van der Waals surface area contributed by atoms with Crippen LogP contribution in [-0.4, -0.2) is 9.91 Å². The van der Waals surface area contributed by atoms with Gasteiger partial charge in [0.2, 0.25) is 0 Å². The summed E-state index contributed by atoms with van der Waals surface area (Å²) in [5.74, 6) is -0.346. The molecule has 0 fully saturated rings. The number of hydrogen-bond acceptors (Lipinski definition) is 4. The zero-order valence-electron chi connectivity index (χ0n) is 11.5. The van der Waals surface area contributed by atoms with E-state index in [0.29, 0.717) is 33.5 Å². The smallest absolute Gasteiger partial charge is 0.278 e. The van der Waals surface area contributed by atoms with Crippen molar-refractivity contribution >= 4 is 27.3 Å². The van der Waals surface area contributed by atoms with Crippen molar-refractivity contribution in [3.8, 4) is 0 Å². The molecule has 1 aromatic carbocycles. The number of aromatic nitrogens is 1. The monoisotopic (exact) mass is 353 g/mol. The first kappa shape index (κ1) is 15.4. The van der Waals surface area contributed by atoms with Crippen LogP contribution in [0.5, 0.6) is 0 Å². The van der Waals surface area contributed by atoms with Crippen LogP contribution in [0.2, 0.25) is 0 Å². The molecular formula is C14H13BrFN3O2. The number of nitrogens with zero attached hydrogens (tertiary/aromatic N) is 2. The van der Waals surface area contributed by atoms with Gasteiger partial charge in [-0.2, -0.15) is 0 Å². The quantitative estimate of drug-likeness (QED) is 0.663. The third-order valence-corrected chi connectivity index (χ3v) is 3.75. The summed E-state index contributed by atoms with van der Waals surface area (Å²) >= 11 is 3.11. The van der Waals surface area contributed by atoms with Gasteiger partial charge in [-0.1, -0.05) is 0 Å². The molecule has 110 valence electrons. The van der Waals surface area contributed by atoms with Crippen molar-refractivity contribution in [2.24, 2.45) is 0 Å². The Balaban J connectivity index is 2.22. The van der Waals surface area contributed by atoms with Crippen molar-refractivity contribution in [2.45, 2.75) is 20.4 Å². The fourth-order valence-electron chi connectivity index (χ4n) is 2.02. The van der Waals surface area contributed by atoms with E-state index < -0.39 is 4.92 Å². The maximum absolute atomic E-state index is 13.2. The van der Waals surface area contributed by atoms with Crippen LogP contribution in [-0.2, 0) is 6.54 Å². The fraction of sp³-hybridized carbons (Fsp3) is 0.214. The van der Waals surface area contributed by atoms with Crippen LogP contribution >= 0.6 is 15.9 Å². The van der Waals surface area contributed by atoms with Crippen LogP contribution in [0, 0.1) is 29.8 Å². The van der Waals surface area contributed by atoms with Gasteiger partial charge in [-0.3, -0.25) is 15.1 Å². The van der Waals surface area contributed by atoms with Crippen molar-refractivity contribution in [2.75, 3.05) is 5.32 Å². The van der Waals surface area contributed by atoms with Gasteiger partial charge in [0.25, 0.3) is 5.69 Å². The third kappa shape index (κ3) is 3.36. The van der Waals surface area contributed by atoms with E-state index in [4.69, 9.17) is 0 Å². The van der Waals surface area contributed by atoms with Crippen molar-refractivity contribution in [1.29, 1.82) is 0 Å². The zero-order valence-corrected chi connectivity index (χ0v) is 13.1. The summed E-state index contributed by atoms with van der Waals surface area (Å²) in [6, 6.07) is 4.54. The molecule has 0 spiro atoms. The van der Waals surface area contributed by atoms with Crippen molar-refractivity contribution in [1.82, 2.24) is 4.98 Å². The number of benzene rings is 1. The lowest BCUT2D eigenvalue weighted by atomic mass is 10.1. The van der Waals surface area contributed by atoms with Crippen LogP contribution in [0.15, 0.2) is 28.9 Å². The van der Waals surface area contributed by atoms with Gasteiger partial charge in [-0.15, -0.1) is 0 Å². The van der Waals surface area contributed by atoms with E-state index in [0.717, 1.165) is 0 Å². The molecule has 0 radical (unpaired) electrons. The van der Waals surface area contributed by atoms with Gasteiger partial charge < -0.3 is 5.32 Å². The standard InChI is InChI=1S/C14H13BrFN3O2/c1-8-6-18-13(9(2)14(8)19(20)21)7-17-10-3-4-12(16)11(15)5-10/h3-6,17H,7H2,1-2H3. The average molecular weight is 354 g/mol. The van der Waals surface area contributed by atoms with E-state index in [1.807, 2.05) is 0 Å². The molecule has 5 nitrogen and oxygen atoms in total. The molecule has 21 heavy (non-hydrogen) atoms. The highest BCUT2D eigenvalue weighted by Gasteiger charge is 2.18. The first-order valence-corrected chi connectivity index (χ1v) is 6.98. The molecule has 7 heteroatoms. The van der Waals surface area contributed by atoms with Crippen LogP contribution in [0.3, 0.4) is 0 Å². The lowest BCUT2D eigenvalue weighted by molar-refractivity contribution is -0.386. The molecule has 0 unspecified atom stereocenters. The Labute approximate surface area is 129 Å². The maximum Gasteiger partial charge on any atom is 0.278 e. The normalized spacial score (nSPS) is 10.5. The van der Waals surface area contributed by atoms with Gasteiger partial charge in [-0.05, 0) is 48.0 Å². The summed E-state index contributed by atoms with van der Waals surface area (Å²) in [6.45, 7) is 3.66. The van der Waals surface area contributed by atoms with Crippen LogP contribution in [0.4, 0.5) is 15.8 Å². The summed E-state index contributed by atoms with van der Waals surface area (Å²) in [5, 5.41) is 14.1. The van der Waals surface area contributed by atoms with Crippen molar-refractivity contribution < 1.29 is 9.31 Å². The van der Waals surface area contributed by atoms with Crippen molar-refractivity contribution in [3.05, 3.63) is 61.6 Å². The van der Waals surface area contributed by atoms with Gasteiger partial charge in [0.05, 0.1) is 27.2 Å². The largest absolute Gasteiger partial charge is 0.379 e. The summed E-state index contributed by atoms with van der Waals surface area (Å²) in [6.07, 6.45) is 1.49. The molecule has 0 saturated carbocycles. The highest BCUT2D eigenvalue weighted by molar-refractivity contribution is 9.10. The number of halogens is 2. The first-order chi connectivity index (χ1) is 9.90. The number of aryl methyl sites for hydroxylation is 1. The third-order valence-electron chi connectivity index (χ3n) is 3.14. The second kappa shape index (κ2) is 6.17. The molecule has 0 aliphatic heterocycles. The second-order valence-corrected chi connectivity index (χ2v) is 5.46. The van der Waals surface area contributed by atoms with E-state index >= 15 is 0 Å². The molecular weight excluding hydrogens is 341 g/mol. The van der Waals surface area contributed by atoms with E-state index in [2.05, 4.69) is 26.2 Å². The van der Waals surface area contributed by atoms with Crippen LogP contribution in [0.1, 0.15) is 16.8 Å². The molecule has 0 amide bonds. The SMILES string of the molecule is Cc1cnc(CNc2ccc(F)c(Br)c2)c(C)c1[N+](=O)[O-]. The molecule has 0 aliphatic carbocycles. The Hall–Kier alpha value is -2.02. The predicted molar refractivity (Wildman–Crippen MR) is 81.8 cm³/mol. The van der Waals surface area contributed by atoms with Gasteiger partial charge in [0.15, 0.2) is 0 Å². The lowest BCUT2D eigenvalue weighted by Crippen LogP contribution is -2.07.